The van der Waals surface area contributed by atoms with Gasteiger partial charge >= 0.3 is 5.97 Å². The molecule has 0 heterocycles. The highest BCUT2D eigenvalue weighted by molar-refractivity contribution is 7.88. The third-order valence-electron chi connectivity index (χ3n) is 2.74. The molecular formula is C14H19NO4S. The summed E-state index contributed by atoms with van der Waals surface area (Å²) in [6.07, 6.45) is 0. The van der Waals surface area contributed by atoms with Gasteiger partial charge in [0.15, 0.2) is 0 Å². The lowest BCUT2D eigenvalue weighted by molar-refractivity contribution is 0.0697. The number of sulfonamides is 1. The molecule has 0 aliphatic heterocycles. The van der Waals surface area contributed by atoms with Crippen LogP contribution in [-0.2, 0) is 15.8 Å². The van der Waals surface area contributed by atoms with Gasteiger partial charge in [0.05, 0.1) is 11.3 Å². The molecule has 1 aromatic carbocycles. The first-order chi connectivity index (χ1) is 9.26. The van der Waals surface area contributed by atoms with Crippen LogP contribution in [0.2, 0.25) is 0 Å². The van der Waals surface area contributed by atoms with Gasteiger partial charge in [-0.05, 0) is 24.6 Å². The summed E-state index contributed by atoms with van der Waals surface area (Å²) in [6.45, 7) is 7.95. The summed E-state index contributed by atoms with van der Waals surface area (Å²) in [6, 6.07) is 5.86. The summed E-state index contributed by atoms with van der Waals surface area (Å²) in [5.74, 6) is -1.18. The van der Waals surface area contributed by atoms with E-state index in [2.05, 4.69) is 6.58 Å². The van der Waals surface area contributed by atoms with E-state index in [1.807, 2.05) is 0 Å². The summed E-state index contributed by atoms with van der Waals surface area (Å²) >= 11 is 0. The van der Waals surface area contributed by atoms with Crippen molar-refractivity contribution in [2.24, 2.45) is 0 Å². The Balaban J connectivity index is 2.89. The predicted molar refractivity (Wildman–Crippen MR) is 78.1 cm³/mol. The topological polar surface area (TPSA) is 74.7 Å². The number of carboxylic acid groups (broad SMARTS) is 1. The molecule has 20 heavy (non-hydrogen) atoms. The van der Waals surface area contributed by atoms with Gasteiger partial charge in [-0.1, -0.05) is 31.2 Å². The fraction of sp³-hybridized carbons (Fsp3) is 0.357. The molecule has 0 fully saturated rings. The van der Waals surface area contributed by atoms with E-state index in [4.69, 9.17) is 5.11 Å². The molecule has 0 bridgehead atoms. The van der Waals surface area contributed by atoms with E-state index >= 15 is 0 Å². The molecule has 1 N–H and O–H groups in total. The number of hydrogen-bond acceptors (Lipinski definition) is 3. The average Bonchev–Trinajstić information content (AvgIpc) is 2.35. The van der Waals surface area contributed by atoms with Crippen molar-refractivity contribution in [1.29, 1.82) is 0 Å². The van der Waals surface area contributed by atoms with E-state index in [1.165, 1.54) is 28.6 Å². The smallest absolute Gasteiger partial charge is 0.335 e. The van der Waals surface area contributed by atoms with Crippen LogP contribution in [0.25, 0.3) is 0 Å². The van der Waals surface area contributed by atoms with Crippen molar-refractivity contribution < 1.29 is 18.3 Å². The highest BCUT2D eigenvalue weighted by Gasteiger charge is 2.20. The maximum absolute atomic E-state index is 12.3. The van der Waals surface area contributed by atoms with E-state index in [-0.39, 0.29) is 11.3 Å². The van der Waals surface area contributed by atoms with Crippen LogP contribution in [0.4, 0.5) is 0 Å². The monoisotopic (exact) mass is 297 g/mol. The number of hydrogen-bond donors (Lipinski definition) is 1. The first-order valence-corrected chi connectivity index (χ1v) is 7.81. The summed E-state index contributed by atoms with van der Waals surface area (Å²) in [7, 11) is -3.43. The molecule has 0 aliphatic carbocycles. The molecule has 0 spiro atoms. The van der Waals surface area contributed by atoms with Gasteiger partial charge in [-0.15, -0.1) is 0 Å². The largest absolute Gasteiger partial charge is 0.478 e. The van der Waals surface area contributed by atoms with Crippen LogP contribution in [0.1, 0.15) is 29.8 Å². The van der Waals surface area contributed by atoms with Gasteiger partial charge < -0.3 is 5.11 Å². The third kappa shape index (κ3) is 4.47. The quantitative estimate of drug-likeness (QED) is 0.782. The van der Waals surface area contributed by atoms with Crippen molar-refractivity contribution in [2.75, 3.05) is 13.1 Å². The van der Waals surface area contributed by atoms with Gasteiger partial charge in [-0.2, -0.15) is 4.31 Å². The number of likely N-dealkylation sites (N-methyl/N-ethyl adjacent to an activating group) is 1. The van der Waals surface area contributed by atoms with Gasteiger partial charge in [-0.25, -0.2) is 13.2 Å². The lowest BCUT2D eigenvalue weighted by Crippen LogP contribution is -2.33. The molecule has 0 amide bonds. The Morgan fingerprint density at radius 3 is 2.25 bits per heavy atom. The second kappa shape index (κ2) is 6.67. The zero-order valence-electron chi connectivity index (χ0n) is 11.7. The summed E-state index contributed by atoms with van der Waals surface area (Å²) in [5.41, 5.74) is 1.48. The fourth-order valence-corrected chi connectivity index (χ4v) is 3.36. The van der Waals surface area contributed by atoms with Crippen LogP contribution in [0.3, 0.4) is 0 Å². The number of carbonyl (C=O) groups is 1. The normalized spacial score (nSPS) is 11.6. The number of aromatic carboxylic acids is 1. The van der Waals surface area contributed by atoms with Crippen molar-refractivity contribution in [2.45, 2.75) is 19.6 Å². The first kappa shape index (κ1) is 16.4. The Morgan fingerprint density at radius 2 is 1.85 bits per heavy atom. The number of rotatable bonds is 7. The molecule has 0 saturated heterocycles. The lowest BCUT2D eigenvalue weighted by Gasteiger charge is -2.20. The molecule has 0 radical (unpaired) electrons. The van der Waals surface area contributed by atoms with Crippen molar-refractivity contribution in [1.82, 2.24) is 4.31 Å². The van der Waals surface area contributed by atoms with Crippen molar-refractivity contribution in [3.8, 4) is 0 Å². The van der Waals surface area contributed by atoms with E-state index in [0.717, 1.165) is 5.57 Å². The molecule has 1 rings (SSSR count). The highest BCUT2D eigenvalue weighted by Crippen LogP contribution is 2.13. The third-order valence-corrected chi connectivity index (χ3v) is 4.61. The number of carboxylic acids is 1. The maximum Gasteiger partial charge on any atom is 0.335 e. The standard InChI is InChI=1S/C14H19NO4S/c1-4-15(9-11(2)3)20(18,19)10-12-5-7-13(8-6-12)14(16)17/h5-8H,2,4,9-10H2,1,3H3,(H,16,17). The van der Waals surface area contributed by atoms with Crippen molar-refractivity contribution >= 4 is 16.0 Å². The van der Waals surface area contributed by atoms with Crippen LogP contribution in [0.15, 0.2) is 36.4 Å². The summed E-state index contributed by atoms with van der Waals surface area (Å²) < 4.78 is 25.9. The van der Waals surface area contributed by atoms with Crippen LogP contribution in [0, 0.1) is 0 Å². The minimum atomic E-state index is -3.43. The van der Waals surface area contributed by atoms with Crippen LogP contribution in [-0.4, -0.2) is 36.9 Å². The molecule has 5 nitrogen and oxygen atoms in total. The summed E-state index contributed by atoms with van der Waals surface area (Å²) in [5, 5.41) is 8.80. The van der Waals surface area contributed by atoms with E-state index < -0.39 is 16.0 Å². The average molecular weight is 297 g/mol. The van der Waals surface area contributed by atoms with E-state index in [1.54, 1.807) is 13.8 Å². The Hall–Kier alpha value is -1.66. The van der Waals surface area contributed by atoms with Crippen LogP contribution >= 0.6 is 0 Å². The zero-order valence-corrected chi connectivity index (χ0v) is 12.5. The molecular weight excluding hydrogens is 278 g/mol. The van der Waals surface area contributed by atoms with Gasteiger partial charge in [0.1, 0.15) is 0 Å². The highest BCUT2D eigenvalue weighted by atomic mass is 32.2. The van der Waals surface area contributed by atoms with Gasteiger partial charge in [-0.3, -0.25) is 0 Å². The Bertz CT molecular complexity index is 590. The van der Waals surface area contributed by atoms with Gasteiger partial charge in [0, 0.05) is 13.1 Å². The second-order valence-corrected chi connectivity index (χ2v) is 6.61. The minimum absolute atomic E-state index is 0.139. The lowest BCUT2D eigenvalue weighted by atomic mass is 10.1. The van der Waals surface area contributed by atoms with Crippen molar-refractivity contribution in [3.05, 3.63) is 47.5 Å². The number of nitrogens with zero attached hydrogens (tertiary/aromatic N) is 1. The Kier molecular flexibility index (Phi) is 5.47. The Labute approximate surface area is 119 Å². The first-order valence-electron chi connectivity index (χ1n) is 6.20. The van der Waals surface area contributed by atoms with Gasteiger partial charge in [0.2, 0.25) is 10.0 Å². The fourth-order valence-electron chi connectivity index (χ4n) is 1.75. The molecule has 0 aromatic heterocycles. The zero-order chi connectivity index (χ0) is 15.3. The Morgan fingerprint density at radius 1 is 1.30 bits per heavy atom. The molecule has 0 atom stereocenters. The molecule has 0 aliphatic rings. The van der Waals surface area contributed by atoms with Crippen LogP contribution < -0.4 is 0 Å². The second-order valence-electron chi connectivity index (χ2n) is 4.64. The van der Waals surface area contributed by atoms with Crippen molar-refractivity contribution in [3.63, 3.8) is 0 Å². The van der Waals surface area contributed by atoms with Crippen LogP contribution in [0.5, 0.6) is 0 Å². The van der Waals surface area contributed by atoms with E-state index in [9.17, 15) is 13.2 Å². The minimum Gasteiger partial charge on any atom is -0.478 e. The number of benzene rings is 1. The SMILES string of the molecule is C=C(C)CN(CC)S(=O)(=O)Cc1ccc(C(=O)O)cc1. The molecule has 110 valence electrons. The molecule has 6 heteroatoms. The van der Waals surface area contributed by atoms with Gasteiger partial charge in [0.25, 0.3) is 0 Å². The predicted octanol–water partition coefficient (Wildman–Crippen LogP) is 2.11. The molecule has 0 unspecified atom stereocenters. The van der Waals surface area contributed by atoms with E-state index in [0.29, 0.717) is 18.7 Å². The molecule has 0 saturated carbocycles. The maximum atomic E-state index is 12.3. The summed E-state index contributed by atoms with van der Waals surface area (Å²) in [4.78, 5) is 10.7. The molecule has 1 aromatic rings.